The molecular formula is C30H36ClN3O4S. The zero-order valence-electron chi connectivity index (χ0n) is 22.9. The molecule has 0 saturated carbocycles. The van der Waals surface area contributed by atoms with E-state index in [2.05, 4.69) is 5.32 Å². The predicted molar refractivity (Wildman–Crippen MR) is 156 cm³/mol. The van der Waals surface area contributed by atoms with Crippen LogP contribution in [0.15, 0.2) is 77.7 Å². The van der Waals surface area contributed by atoms with Crippen LogP contribution in [0.3, 0.4) is 0 Å². The van der Waals surface area contributed by atoms with Crippen LogP contribution < -0.4 is 9.62 Å². The van der Waals surface area contributed by atoms with Gasteiger partial charge < -0.3 is 10.2 Å². The summed E-state index contributed by atoms with van der Waals surface area (Å²) in [6.45, 7) is 7.57. The Labute approximate surface area is 236 Å². The van der Waals surface area contributed by atoms with Gasteiger partial charge in [0.25, 0.3) is 10.0 Å². The molecule has 9 heteroatoms. The summed E-state index contributed by atoms with van der Waals surface area (Å²) in [5.41, 5.74) is 2.78. The largest absolute Gasteiger partial charge is 0.354 e. The second kappa shape index (κ2) is 13.6. The Balaban J connectivity index is 2.08. The summed E-state index contributed by atoms with van der Waals surface area (Å²) in [5, 5.41) is 3.34. The van der Waals surface area contributed by atoms with E-state index in [1.165, 1.54) is 17.0 Å². The van der Waals surface area contributed by atoms with Gasteiger partial charge in [0.2, 0.25) is 11.8 Å². The Morgan fingerprint density at radius 3 is 2.13 bits per heavy atom. The molecule has 0 radical (unpaired) electrons. The molecule has 0 heterocycles. The maximum Gasteiger partial charge on any atom is 0.264 e. The van der Waals surface area contributed by atoms with Crippen LogP contribution in [0.2, 0.25) is 5.02 Å². The van der Waals surface area contributed by atoms with Crippen LogP contribution >= 0.6 is 11.6 Å². The number of hydrogen-bond donors (Lipinski definition) is 1. The Morgan fingerprint density at radius 2 is 1.54 bits per heavy atom. The molecule has 208 valence electrons. The van der Waals surface area contributed by atoms with Crippen molar-refractivity contribution in [3.8, 4) is 0 Å². The highest BCUT2D eigenvalue weighted by Crippen LogP contribution is 2.27. The Hall–Kier alpha value is -3.36. The monoisotopic (exact) mass is 569 g/mol. The van der Waals surface area contributed by atoms with Crippen molar-refractivity contribution in [2.24, 2.45) is 0 Å². The summed E-state index contributed by atoms with van der Waals surface area (Å²) >= 11 is 6.43. The van der Waals surface area contributed by atoms with Crippen LogP contribution in [0, 0.1) is 13.8 Å². The van der Waals surface area contributed by atoms with Gasteiger partial charge >= 0.3 is 0 Å². The van der Waals surface area contributed by atoms with Crippen LogP contribution in [-0.2, 0) is 26.2 Å². The van der Waals surface area contributed by atoms with Crippen molar-refractivity contribution in [3.63, 3.8) is 0 Å². The van der Waals surface area contributed by atoms with Gasteiger partial charge in [0.05, 0.1) is 10.6 Å². The second-order valence-corrected chi connectivity index (χ2v) is 11.8. The lowest BCUT2D eigenvalue weighted by molar-refractivity contribution is -0.140. The van der Waals surface area contributed by atoms with Crippen LogP contribution in [-0.4, -0.2) is 44.3 Å². The van der Waals surface area contributed by atoms with Gasteiger partial charge in [-0.15, -0.1) is 0 Å². The lowest BCUT2D eigenvalue weighted by Gasteiger charge is -2.33. The van der Waals surface area contributed by atoms with E-state index >= 15 is 0 Å². The summed E-state index contributed by atoms with van der Waals surface area (Å²) in [5.74, 6) is -0.796. The SMILES string of the molecule is CCCNC(=O)C(CC)N(Cc1ccccc1Cl)C(=O)CN(c1cc(C)cc(C)c1)S(=O)(=O)c1ccccc1. The smallest absolute Gasteiger partial charge is 0.264 e. The molecule has 39 heavy (non-hydrogen) atoms. The van der Waals surface area contributed by atoms with Crippen LogP contribution in [0.4, 0.5) is 5.69 Å². The molecule has 0 aliphatic heterocycles. The third-order valence-corrected chi connectivity index (χ3v) is 8.49. The molecule has 1 atom stereocenters. The van der Waals surface area contributed by atoms with Crippen molar-refractivity contribution in [3.05, 3.63) is 94.5 Å². The number of sulfonamides is 1. The zero-order valence-corrected chi connectivity index (χ0v) is 24.4. The van der Waals surface area contributed by atoms with E-state index in [-0.39, 0.29) is 17.3 Å². The van der Waals surface area contributed by atoms with Crippen molar-refractivity contribution < 1.29 is 18.0 Å². The lowest BCUT2D eigenvalue weighted by atomic mass is 10.1. The third kappa shape index (κ3) is 7.61. The number of nitrogens with zero attached hydrogens (tertiary/aromatic N) is 2. The summed E-state index contributed by atoms with van der Waals surface area (Å²) in [7, 11) is -4.10. The van der Waals surface area contributed by atoms with E-state index in [0.29, 0.717) is 29.2 Å². The van der Waals surface area contributed by atoms with Crippen molar-refractivity contribution >= 4 is 39.1 Å². The number of carbonyl (C=O) groups excluding carboxylic acids is 2. The van der Waals surface area contributed by atoms with Crippen LogP contribution in [0.1, 0.15) is 43.4 Å². The lowest BCUT2D eigenvalue weighted by Crippen LogP contribution is -2.52. The van der Waals surface area contributed by atoms with Gasteiger partial charge in [0.15, 0.2) is 0 Å². The molecule has 0 bridgehead atoms. The molecule has 0 fully saturated rings. The number of halogens is 1. The summed E-state index contributed by atoms with van der Waals surface area (Å²) < 4.78 is 28.9. The number of benzene rings is 3. The number of hydrogen-bond acceptors (Lipinski definition) is 4. The molecule has 3 rings (SSSR count). The minimum atomic E-state index is -4.10. The molecule has 3 aromatic rings. The highest BCUT2D eigenvalue weighted by Gasteiger charge is 2.34. The van der Waals surface area contributed by atoms with Gasteiger partial charge in [-0.3, -0.25) is 13.9 Å². The van der Waals surface area contributed by atoms with Gasteiger partial charge in [-0.1, -0.05) is 67.9 Å². The average Bonchev–Trinajstić information content (AvgIpc) is 2.91. The Kier molecular flexibility index (Phi) is 10.5. The molecule has 2 amide bonds. The van der Waals surface area contributed by atoms with E-state index in [1.54, 1.807) is 48.5 Å². The number of carbonyl (C=O) groups is 2. The fraction of sp³-hybridized carbons (Fsp3) is 0.333. The summed E-state index contributed by atoms with van der Waals surface area (Å²) in [6.07, 6.45) is 1.09. The fourth-order valence-corrected chi connectivity index (χ4v) is 6.05. The molecule has 0 aliphatic carbocycles. The number of nitrogens with one attached hydrogen (secondary N) is 1. The van der Waals surface area contributed by atoms with E-state index in [9.17, 15) is 18.0 Å². The number of rotatable bonds is 12. The molecule has 0 aliphatic rings. The van der Waals surface area contributed by atoms with Gasteiger partial charge in [-0.05, 0) is 73.7 Å². The van der Waals surface area contributed by atoms with Crippen LogP contribution in [0.25, 0.3) is 0 Å². The Morgan fingerprint density at radius 1 is 0.923 bits per heavy atom. The summed E-state index contributed by atoms with van der Waals surface area (Å²) in [6, 6.07) is 19.8. The number of aryl methyl sites for hydroxylation is 2. The van der Waals surface area contributed by atoms with E-state index in [1.807, 2.05) is 39.8 Å². The first kappa shape index (κ1) is 30.2. The standard InChI is InChI=1S/C30H36ClN3O4S/c1-5-16-32-30(36)28(6-2)33(20-24-12-10-11-15-27(24)31)29(35)21-34(25-18-22(3)17-23(4)19-25)39(37,38)26-13-8-7-9-14-26/h7-15,17-19,28H,5-6,16,20-21H2,1-4H3,(H,32,36). The van der Waals surface area contributed by atoms with Crippen molar-refractivity contribution in [2.45, 2.75) is 58.0 Å². The Bertz CT molecular complexity index is 1380. The van der Waals surface area contributed by atoms with E-state index in [0.717, 1.165) is 21.9 Å². The van der Waals surface area contributed by atoms with Crippen molar-refractivity contribution in [1.29, 1.82) is 0 Å². The second-order valence-electron chi connectivity index (χ2n) is 9.50. The molecule has 0 saturated heterocycles. The maximum atomic E-state index is 14.1. The molecule has 1 unspecified atom stereocenters. The minimum absolute atomic E-state index is 0.0582. The van der Waals surface area contributed by atoms with Crippen LogP contribution in [0.5, 0.6) is 0 Å². The van der Waals surface area contributed by atoms with Crippen molar-refractivity contribution in [2.75, 3.05) is 17.4 Å². The zero-order chi connectivity index (χ0) is 28.6. The summed E-state index contributed by atoms with van der Waals surface area (Å²) in [4.78, 5) is 28.7. The third-order valence-electron chi connectivity index (χ3n) is 6.34. The van der Waals surface area contributed by atoms with Gasteiger partial charge in [-0.25, -0.2) is 8.42 Å². The minimum Gasteiger partial charge on any atom is -0.354 e. The first-order chi connectivity index (χ1) is 18.6. The van der Waals surface area contributed by atoms with Gasteiger partial charge in [0, 0.05) is 18.1 Å². The van der Waals surface area contributed by atoms with E-state index in [4.69, 9.17) is 11.6 Å². The average molecular weight is 570 g/mol. The predicted octanol–water partition coefficient (Wildman–Crippen LogP) is 5.49. The molecule has 0 aromatic heterocycles. The first-order valence-corrected chi connectivity index (χ1v) is 14.9. The molecule has 0 spiro atoms. The molecule has 1 N–H and O–H groups in total. The highest BCUT2D eigenvalue weighted by atomic mass is 35.5. The fourth-order valence-electron chi connectivity index (χ4n) is 4.44. The quantitative estimate of drug-likeness (QED) is 0.313. The molecule has 7 nitrogen and oxygen atoms in total. The first-order valence-electron chi connectivity index (χ1n) is 13.0. The van der Waals surface area contributed by atoms with Crippen molar-refractivity contribution in [1.82, 2.24) is 10.2 Å². The topological polar surface area (TPSA) is 86.8 Å². The molecular weight excluding hydrogens is 534 g/mol. The van der Waals surface area contributed by atoms with E-state index < -0.39 is 28.5 Å². The highest BCUT2D eigenvalue weighted by molar-refractivity contribution is 7.92. The maximum absolute atomic E-state index is 14.1. The number of anilines is 1. The van der Waals surface area contributed by atoms with Gasteiger partial charge in [-0.2, -0.15) is 0 Å². The number of amides is 2. The molecule has 3 aromatic carbocycles. The normalized spacial score (nSPS) is 12.0. The van der Waals surface area contributed by atoms with Gasteiger partial charge in [0.1, 0.15) is 12.6 Å².